The first-order valence-electron chi connectivity index (χ1n) is 8.72. The molecule has 1 N–H and O–H groups in total. The van der Waals surface area contributed by atoms with Gasteiger partial charge >= 0.3 is 0 Å². The van der Waals surface area contributed by atoms with E-state index in [0.29, 0.717) is 10.6 Å². The summed E-state index contributed by atoms with van der Waals surface area (Å²) in [6, 6.07) is 11.7. The topological polar surface area (TPSA) is 74.9 Å². The average Bonchev–Trinajstić information content (AvgIpc) is 3.23. The van der Waals surface area contributed by atoms with E-state index in [4.69, 9.17) is 0 Å². The van der Waals surface area contributed by atoms with Gasteiger partial charge in [0.25, 0.3) is 0 Å². The molecule has 0 saturated heterocycles. The SMILES string of the molecule is CC(C)(C)c1csc(NC(=O)CCC(=O)n2ccc3ccccc32)c1C#N. The zero-order chi connectivity index (χ0) is 19.6. The van der Waals surface area contributed by atoms with E-state index in [0.717, 1.165) is 16.5 Å². The molecule has 0 unspecified atom stereocenters. The van der Waals surface area contributed by atoms with Crippen LogP contribution in [0.15, 0.2) is 41.9 Å². The fraction of sp³-hybridized carbons (Fsp3) is 0.286. The van der Waals surface area contributed by atoms with Gasteiger partial charge in [0.1, 0.15) is 11.1 Å². The summed E-state index contributed by atoms with van der Waals surface area (Å²) in [4.78, 5) is 24.8. The van der Waals surface area contributed by atoms with Crippen LogP contribution in [0.1, 0.15) is 49.5 Å². The molecule has 5 nitrogen and oxygen atoms in total. The van der Waals surface area contributed by atoms with Crippen molar-refractivity contribution in [3.63, 3.8) is 0 Å². The van der Waals surface area contributed by atoms with Crippen LogP contribution >= 0.6 is 11.3 Å². The van der Waals surface area contributed by atoms with Gasteiger partial charge < -0.3 is 5.32 Å². The number of benzene rings is 1. The Morgan fingerprint density at radius 3 is 2.63 bits per heavy atom. The zero-order valence-electron chi connectivity index (χ0n) is 15.6. The van der Waals surface area contributed by atoms with E-state index < -0.39 is 0 Å². The van der Waals surface area contributed by atoms with Crippen LogP contribution in [-0.2, 0) is 10.2 Å². The lowest BCUT2D eigenvalue weighted by Gasteiger charge is -2.17. The van der Waals surface area contributed by atoms with Gasteiger partial charge in [-0.1, -0.05) is 39.0 Å². The summed E-state index contributed by atoms with van der Waals surface area (Å²) in [5, 5.41) is 15.7. The summed E-state index contributed by atoms with van der Waals surface area (Å²) in [7, 11) is 0. The predicted molar refractivity (Wildman–Crippen MR) is 108 cm³/mol. The van der Waals surface area contributed by atoms with Gasteiger partial charge in [-0.05, 0) is 28.5 Å². The second-order valence-corrected chi connectivity index (χ2v) is 8.28. The van der Waals surface area contributed by atoms with Gasteiger partial charge in [0.2, 0.25) is 11.8 Å². The highest BCUT2D eigenvalue weighted by atomic mass is 32.1. The Hall–Kier alpha value is -2.91. The highest BCUT2D eigenvalue weighted by Gasteiger charge is 2.23. The van der Waals surface area contributed by atoms with Gasteiger partial charge in [0, 0.05) is 24.4 Å². The van der Waals surface area contributed by atoms with Crippen LogP contribution in [0, 0.1) is 11.3 Å². The van der Waals surface area contributed by atoms with E-state index in [2.05, 4.69) is 11.4 Å². The van der Waals surface area contributed by atoms with Crippen molar-refractivity contribution in [1.29, 1.82) is 5.26 Å². The zero-order valence-corrected chi connectivity index (χ0v) is 16.4. The summed E-state index contributed by atoms with van der Waals surface area (Å²) in [5.74, 6) is -0.396. The largest absolute Gasteiger partial charge is 0.317 e. The number of rotatable bonds is 4. The van der Waals surface area contributed by atoms with Crippen molar-refractivity contribution >= 4 is 39.1 Å². The van der Waals surface area contributed by atoms with Crippen molar-refractivity contribution in [2.45, 2.75) is 39.0 Å². The second kappa shape index (κ2) is 7.37. The van der Waals surface area contributed by atoms with Crippen LogP contribution in [0.4, 0.5) is 5.00 Å². The summed E-state index contributed by atoms with van der Waals surface area (Å²) in [6.45, 7) is 6.09. The minimum Gasteiger partial charge on any atom is -0.317 e. The van der Waals surface area contributed by atoms with Crippen molar-refractivity contribution in [2.24, 2.45) is 0 Å². The molecule has 0 saturated carbocycles. The Kier molecular flexibility index (Phi) is 5.15. The third-order valence-corrected chi connectivity index (χ3v) is 5.29. The number of carbonyl (C=O) groups is 2. The molecule has 0 radical (unpaired) electrons. The number of nitrogens with one attached hydrogen (secondary N) is 1. The minimum absolute atomic E-state index is 0.0684. The van der Waals surface area contributed by atoms with Crippen LogP contribution in [0.3, 0.4) is 0 Å². The monoisotopic (exact) mass is 379 g/mol. The molecule has 0 atom stereocenters. The highest BCUT2D eigenvalue weighted by Crippen LogP contribution is 2.35. The number of nitriles is 1. The fourth-order valence-electron chi connectivity index (χ4n) is 2.94. The van der Waals surface area contributed by atoms with Crippen LogP contribution in [0.5, 0.6) is 0 Å². The normalized spacial score (nSPS) is 11.3. The lowest BCUT2D eigenvalue weighted by molar-refractivity contribution is -0.116. The molecule has 0 fully saturated rings. The first-order valence-corrected chi connectivity index (χ1v) is 9.60. The number of fused-ring (bicyclic) bond motifs is 1. The molecule has 1 aromatic carbocycles. The van der Waals surface area contributed by atoms with Crippen LogP contribution in [0.2, 0.25) is 0 Å². The number of thiophene rings is 1. The molecular weight excluding hydrogens is 358 g/mol. The molecule has 3 rings (SSSR count). The lowest BCUT2D eigenvalue weighted by Crippen LogP contribution is -2.17. The van der Waals surface area contributed by atoms with Crippen molar-refractivity contribution in [3.8, 4) is 6.07 Å². The van der Waals surface area contributed by atoms with Crippen molar-refractivity contribution < 1.29 is 9.59 Å². The van der Waals surface area contributed by atoms with Gasteiger partial charge in [-0.15, -0.1) is 11.3 Å². The number of nitrogens with zero attached hydrogens (tertiary/aromatic N) is 2. The van der Waals surface area contributed by atoms with Gasteiger partial charge in [-0.25, -0.2) is 0 Å². The van der Waals surface area contributed by atoms with Crippen molar-refractivity contribution in [3.05, 3.63) is 53.0 Å². The highest BCUT2D eigenvalue weighted by molar-refractivity contribution is 7.14. The van der Waals surface area contributed by atoms with Crippen molar-refractivity contribution in [2.75, 3.05) is 5.32 Å². The van der Waals surface area contributed by atoms with Gasteiger partial charge in [0.05, 0.1) is 11.1 Å². The molecule has 6 heteroatoms. The van der Waals surface area contributed by atoms with E-state index in [9.17, 15) is 14.9 Å². The number of amides is 1. The van der Waals surface area contributed by atoms with Gasteiger partial charge in [0.15, 0.2) is 0 Å². The summed E-state index contributed by atoms with van der Waals surface area (Å²) in [5.41, 5.74) is 2.09. The molecule has 0 aliphatic heterocycles. The van der Waals surface area contributed by atoms with E-state index >= 15 is 0 Å². The molecule has 2 heterocycles. The van der Waals surface area contributed by atoms with E-state index in [1.165, 1.54) is 11.3 Å². The second-order valence-electron chi connectivity index (χ2n) is 7.40. The Labute approximate surface area is 162 Å². The Morgan fingerprint density at radius 2 is 1.93 bits per heavy atom. The summed E-state index contributed by atoms with van der Waals surface area (Å²) >= 11 is 1.35. The minimum atomic E-state index is -0.265. The number of hydrogen-bond acceptors (Lipinski definition) is 4. The molecule has 0 spiro atoms. The first kappa shape index (κ1) is 18.9. The number of anilines is 1. The van der Waals surface area contributed by atoms with E-state index in [-0.39, 0.29) is 30.1 Å². The molecule has 3 aromatic rings. The summed E-state index contributed by atoms with van der Waals surface area (Å²) in [6.07, 6.45) is 1.90. The van der Waals surface area contributed by atoms with E-state index in [1.807, 2.05) is 56.5 Å². The molecule has 0 bridgehead atoms. The third-order valence-electron chi connectivity index (χ3n) is 4.40. The van der Waals surface area contributed by atoms with Crippen molar-refractivity contribution in [1.82, 2.24) is 4.57 Å². The first-order chi connectivity index (χ1) is 12.8. The average molecular weight is 379 g/mol. The number of carbonyl (C=O) groups excluding carboxylic acids is 2. The third kappa shape index (κ3) is 3.93. The number of para-hydroxylation sites is 1. The smallest absolute Gasteiger partial charge is 0.231 e. The fourth-order valence-corrected chi connectivity index (χ4v) is 4.10. The molecule has 138 valence electrons. The summed E-state index contributed by atoms with van der Waals surface area (Å²) < 4.78 is 1.58. The van der Waals surface area contributed by atoms with Crippen LogP contribution in [-0.4, -0.2) is 16.4 Å². The molecule has 0 aliphatic carbocycles. The Balaban J connectivity index is 1.66. The van der Waals surface area contributed by atoms with Gasteiger partial charge in [-0.2, -0.15) is 5.26 Å². The molecule has 0 aliphatic rings. The maximum Gasteiger partial charge on any atom is 0.231 e. The molecule has 1 amide bonds. The number of aromatic nitrogens is 1. The maximum absolute atomic E-state index is 12.5. The number of hydrogen-bond donors (Lipinski definition) is 1. The Bertz CT molecular complexity index is 1050. The Morgan fingerprint density at radius 1 is 1.19 bits per heavy atom. The van der Waals surface area contributed by atoms with Crippen LogP contribution < -0.4 is 5.32 Å². The van der Waals surface area contributed by atoms with E-state index in [1.54, 1.807) is 10.8 Å². The quantitative estimate of drug-likeness (QED) is 0.698. The molecule has 2 aromatic heterocycles. The van der Waals surface area contributed by atoms with Crippen LogP contribution in [0.25, 0.3) is 10.9 Å². The lowest BCUT2D eigenvalue weighted by atomic mass is 9.86. The maximum atomic E-state index is 12.5. The molecular formula is C21H21N3O2S. The predicted octanol–water partition coefficient (Wildman–Crippen LogP) is 4.93. The standard InChI is InChI=1S/C21H21N3O2S/c1-21(2,3)16-13-27-20(15(16)12-22)23-18(25)8-9-19(26)24-11-10-14-6-4-5-7-17(14)24/h4-7,10-11,13H,8-9H2,1-3H3,(H,23,25). The molecule has 27 heavy (non-hydrogen) atoms. The van der Waals surface area contributed by atoms with Gasteiger partial charge in [-0.3, -0.25) is 14.2 Å².